The lowest BCUT2D eigenvalue weighted by Gasteiger charge is -2.05. The molecule has 0 radical (unpaired) electrons. The van der Waals surface area contributed by atoms with E-state index < -0.39 is 0 Å². The third-order valence-electron chi connectivity index (χ3n) is 2.42. The number of hydrogen-bond donors (Lipinski definition) is 1. The number of aromatic nitrogens is 5. The molecule has 0 atom stereocenters. The Kier molecular flexibility index (Phi) is 3.20. The summed E-state index contributed by atoms with van der Waals surface area (Å²) in [6.07, 6.45) is 4.30. The number of fused-ring (bicyclic) bond motifs is 1. The Hall–Kier alpha value is -1.54. The largest absolute Gasteiger partial charge is 0.368 e. The molecular formula is C10H9BrN6S. The number of hydrogen-bond acceptors (Lipinski definition) is 6. The van der Waals surface area contributed by atoms with Crippen molar-refractivity contribution in [3.8, 4) is 0 Å². The van der Waals surface area contributed by atoms with Gasteiger partial charge in [0.15, 0.2) is 5.65 Å². The maximum atomic E-state index is 4.08. The molecule has 8 heteroatoms. The molecule has 3 rings (SSSR count). The van der Waals surface area contributed by atoms with Crippen LogP contribution in [0.5, 0.6) is 0 Å². The number of nitrogens with one attached hydrogen (secondary N) is 1. The van der Waals surface area contributed by atoms with Gasteiger partial charge in [-0.25, -0.2) is 0 Å². The average Bonchev–Trinajstić information content (AvgIpc) is 2.98. The third kappa shape index (κ3) is 2.34. The smallest absolute Gasteiger partial charge is 0.199 e. The van der Waals surface area contributed by atoms with Crippen LogP contribution in [-0.2, 0) is 6.42 Å². The summed E-state index contributed by atoms with van der Waals surface area (Å²) in [4.78, 5) is 5.41. The number of nitrogens with zero attached hydrogens (tertiary/aromatic N) is 5. The summed E-state index contributed by atoms with van der Waals surface area (Å²) in [7, 11) is 0. The van der Waals surface area contributed by atoms with Crippen LogP contribution < -0.4 is 5.32 Å². The molecule has 3 aromatic rings. The second-order valence-electron chi connectivity index (χ2n) is 3.62. The van der Waals surface area contributed by atoms with Gasteiger partial charge in [-0.15, -0.1) is 16.4 Å². The SMILES string of the molecule is Brc1ccc(CCNc2cncc3nnnn23)s1. The minimum absolute atomic E-state index is 0.638. The Labute approximate surface area is 115 Å². The molecule has 3 aromatic heterocycles. The van der Waals surface area contributed by atoms with Gasteiger partial charge in [-0.2, -0.15) is 4.52 Å². The van der Waals surface area contributed by atoms with Gasteiger partial charge in [0.1, 0.15) is 5.82 Å². The van der Waals surface area contributed by atoms with Crippen LogP contribution in [0.1, 0.15) is 4.88 Å². The van der Waals surface area contributed by atoms with Gasteiger partial charge in [0.25, 0.3) is 0 Å². The third-order valence-corrected chi connectivity index (χ3v) is 4.10. The molecule has 92 valence electrons. The molecule has 0 aliphatic carbocycles. The van der Waals surface area contributed by atoms with Crippen LogP contribution in [0.4, 0.5) is 5.82 Å². The molecule has 3 heterocycles. The van der Waals surface area contributed by atoms with Crippen molar-refractivity contribution in [3.05, 3.63) is 33.2 Å². The van der Waals surface area contributed by atoms with Crippen LogP contribution in [0.3, 0.4) is 0 Å². The van der Waals surface area contributed by atoms with Crippen molar-refractivity contribution in [1.82, 2.24) is 25.0 Å². The molecule has 6 nitrogen and oxygen atoms in total. The van der Waals surface area contributed by atoms with Gasteiger partial charge in [-0.3, -0.25) is 4.98 Å². The summed E-state index contributed by atoms with van der Waals surface area (Å²) < 4.78 is 2.79. The molecule has 0 spiro atoms. The first-order valence-corrected chi connectivity index (χ1v) is 6.94. The summed E-state index contributed by atoms with van der Waals surface area (Å²) >= 11 is 5.20. The van der Waals surface area contributed by atoms with E-state index in [1.165, 1.54) is 4.88 Å². The maximum Gasteiger partial charge on any atom is 0.199 e. The van der Waals surface area contributed by atoms with Crippen molar-refractivity contribution < 1.29 is 0 Å². The standard InChI is InChI=1S/C10H9BrN6S/c11-8-2-1-7(18-8)3-4-13-9-5-12-6-10-14-15-16-17(9)10/h1-2,5-6,13H,3-4H2. The van der Waals surface area contributed by atoms with Gasteiger partial charge < -0.3 is 5.32 Å². The van der Waals surface area contributed by atoms with Gasteiger partial charge in [0.2, 0.25) is 0 Å². The number of halogens is 1. The normalized spacial score (nSPS) is 10.9. The molecule has 0 saturated carbocycles. The molecule has 0 fully saturated rings. The number of thiophene rings is 1. The van der Waals surface area contributed by atoms with E-state index in [-0.39, 0.29) is 0 Å². The molecule has 0 aliphatic heterocycles. The van der Waals surface area contributed by atoms with Crippen LogP contribution in [0.2, 0.25) is 0 Å². The summed E-state index contributed by atoms with van der Waals surface area (Å²) in [5.41, 5.74) is 0.638. The Bertz CT molecular complexity index is 663. The molecule has 1 N–H and O–H groups in total. The van der Waals surface area contributed by atoms with E-state index in [2.05, 4.69) is 53.9 Å². The van der Waals surface area contributed by atoms with Crippen molar-refractivity contribution in [2.24, 2.45) is 0 Å². The lowest BCUT2D eigenvalue weighted by molar-refractivity contribution is 0.818. The second-order valence-corrected chi connectivity index (χ2v) is 6.17. The first kappa shape index (κ1) is 11.5. The minimum atomic E-state index is 0.638. The quantitative estimate of drug-likeness (QED) is 0.795. The summed E-state index contributed by atoms with van der Waals surface area (Å²) in [6, 6.07) is 4.18. The molecule has 0 saturated heterocycles. The summed E-state index contributed by atoms with van der Waals surface area (Å²) in [5, 5.41) is 14.6. The molecule has 0 bridgehead atoms. The van der Waals surface area contributed by atoms with E-state index in [1.54, 1.807) is 28.2 Å². The zero-order chi connectivity index (χ0) is 12.4. The molecule has 0 aromatic carbocycles. The average molecular weight is 325 g/mol. The topological polar surface area (TPSA) is 68.0 Å². The van der Waals surface area contributed by atoms with Crippen molar-refractivity contribution in [3.63, 3.8) is 0 Å². The van der Waals surface area contributed by atoms with E-state index in [1.807, 2.05) is 0 Å². The van der Waals surface area contributed by atoms with Gasteiger partial charge in [-0.1, -0.05) is 0 Å². The Morgan fingerprint density at radius 1 is 1.33 bits per heavy atom. The fourth-order valence-electron chi connectivity index (χ4n) is 1.60. The van der Waals surface area contributed by atoms with Gasteiger partial charge in [0.05, 0.1) is 16.2 Å². The Morgan fingerprint density at radius 3 is 3.11 bits per heavy atom. The van der Waals surface area contributed by atoms with E-state index >= 15 is 0 Å². The zero-order valence-corrected chi connectivity index (χ0v) is 11.6. The van der Waals surface area contributed by atoms with Crippen LogP contribution >= 0.6 is 27.3 Å². The van der Waals surface area contributed by atoms with Crippen LogP contribution in [0, 0.1) is 0 Å². The lowest BCUT2D eigenvalue weighted by Crippen LogP contribution is -2.08. The molecular weight excluding hydrogens is 316 g/mol. The van der Waals surface area contributed by atoms with Crippen LogP contribution in [0.15, 0.2) is 28.3 Å². The molecule has 18 heavy (non-hydrogen) atoms. The van der Waals surface area contributed by atoms with Gasteiger partial charge in [-0.05, 0) is 44.9 Å². The molecule has 0 amide bonds. The fourth-order valence-corrected chi connectivity index (χ4v) is 3.08. The Balaban J connectivity index is 1.68. The molecule has 0 unspecified atom stereocenters. The van der Waals surface area contributed by atoms with E-state index in [0.717, 1.165) is 22.6 Å². The fraction of sp³-hybridized carbons (Fsp3) is 0.200. The van der Waals surface area contributed by atoms with Crippen molar-refractivity contribution in [2.75, 3.05) is 11.9 Å². The number of anilines is 1. The van der Waals surface area contributed by atoms with Crippen LogP contribution in [-0.4, -0.2) is 31.6 Å². The van der Waals surface area contributed by atoms with E-state index in [4.69, 9.17) is 0 Å². The first-order valence-electron chi connectivity index (χ1n) is 5.33. The van der Waals surface area contributed by atoms with Crippen LogP contribution in [0.25, 0.3) is 5.65 Å². The number of tetrazole rings is 1. The highest BCUT2D eigenvalue weighted by Gasteiger charge is 2.03. The number of rotatable bonds is 4. The predicted octanol–water partition coefficient (Wildman–Crippen LogP) is 2.00. The van der Waals surface area contributed by atoms with E-state index in [0.29, 0.717) is 5.65 Å². The van der Waals surface area contributed by atoms with Crippen molar-refractivity contribution >= 4 is 38.7 Å². The van der Waals surface area contributed by atoms with E-state index in [9.17, 15) is 0 Å². The highest BCUT2D eigenvalue weighted by atomic mass is 79.9. The molecule has 0 aliphatic rings. The first-order chi connectivity index (χ1) is 8.83. The summed E-state index contributed by atoms with van der Waals surface area (Å²) in [5.74, 6) is 0.799. The van der Waals surface area contributed by atoms with Crippen molar-refractivity contribution in [2.45, 2.75) is 6.42 Å². The highest BCUT2D eigenvalue weighted by molar-refractivity contribution is 9.11. The van der Waals surface area contributed by atoms with Gasteiger partial charge in [0, 0.05) is 11.4 Å². The second kappa shape index (κ2) is 4.99. The monoisotopic (exact) mass is 324 g/mol. The minimum Gasteiger partial charge on any atom is -0.368 e. The maximum absolute atomic E-state index is 4.08. The Morgan fingerprint density at radius 2 is 2.28 bits per heavy atom. The van der Waals surface area contributed by atoms with Crippen molar-refractivity contribution in [1.29, 1.82) is 0 Å². The summed E-state index contributed by atoms with van der Waals surface area (Å²) in [6.45, 7) is 0.813. The highest BCUT2D eigenvalue weighted by Crippen LogP contribution is 2.22. The lowest BCUT2D eigenvalue weighted by atomic mass is 10.3. The predicted molar refractivity (Wildman–Crippen MR) is 72.8 cm³/mol. The van der Waals surface area contributed by atoms with Gasteiger partial charge >= 0.3 is 0 Å². The zero-order valence-electron chi connectivity index (χ0n) is 9.25.